The van der Waals surface area contributed by atoms with Crippen molar-refractivity contribution in [1.29, 1.82) is 0 Å². The molecule has 82 heavy (non-hydrogen) atoms. The molecule has 0 amide bonds. The first-order chi connectivity index (χ1) is 38.3. The minimum absolute atomic E-state index is 0.0198. The average molecular weight is 1160 g/mol. The van der Waals surface area contributed by atoms with Crippen LogP contribution in [0.2, 0.25) is 0 Å². The third kappa shape index (κ3) is 14.4. The Morgan fingerprint density at radius 2 is 0.695 bits per heavy atom. The van der Waals surface area contributed by atoms with Crippen molar-refractivity contribution in [2.75, 3.05) is 26.4 Å². The SMILES string of the molecule is CC(C)(F)C(=O)OCC12CC3CC(CC(C3)C1)C2.CC(F)(F)C(=O)OCC12CC3CC(CC(C3)C1)C2.CC1CCC(C23CC4CC(CC(COC(=O)C(C)(F)F)(C4)C2)C3)CC1.CCCCC(C)(F)C(=O)OCC12CC3CC(CC(C3)C1)C2. The van der Waals surface area contributed by atoms with Crippen LogP contribution in [0.4, 0.5) is 26.3 Å². The van der Waals surface area contributed by atoms with Crippen molar-refractivity contribution < 1.29 is 64.5 Å². The number of rotatable bonds is 16. The van der Waals surface area contributed by atoms with E-state index in [9.17, 15) is 45.5 Å². The van der Waals surface area contributed by atoms with Crippen LogP contribution in [-0.4, -0.2) is 73.5 Å². The second-order valence-electron chi connectivity index (χ2n) is 32.9. The van der Waals surface area contributed by atoms with Crippen molar-refractivity contribution >= 4 is 23.9 Å². The summed E-state index contributed by atoms with van der Waals surface area (Å²) >= 11 is 0. The fourth-order valence-corrected chi connectivity index (χ4v) is 22.5. The molecule has 17 saturated carbocycles. The van der Waals surface area contributed by atoms with E-state index in [1.54, 1.807) is 0 Å². The highest BCUT2D eigenvalue weighted by Crippen LogP contribution is 2.69. The zero-order chi connectivity index (χ0) is 58.9. The van der Waals surface area contributed by atoms with Crippen LogP contribution in [0.3, 0.4) is 0 Å². The van der Waals surface area contributed by atoms with Crippen molar-refractivity contribution in [1.82, 2.24) is 0 Å². The maximum Gasteiger partial charge on any atom is 0.376 e. The first kappa shape index (κ1) is 62.5. The van der Waals surface area contributed by atoms with Crippen LogP contribution in [0.15, 0.2) is 0 Å². The Hall–Kier alpha value is -2.54. The molecule has 0 aromatic heterocycles. The Kier molecular flexibility index (Phi) is 17.9. The summed E-state index contributed by atoms with van der Waals surface area (Å²) in [4.78, 5) is 46.4. The van der Waals surface area contributed by atoms with Crippen LogP contribution < -0.4 is 0 Å². The fraction of sp³-hybridized carbons (Fsp3) is 0.941. The van der Waals surface area contributed by atoms with E-state index in [1.165, 1.54) is 162 Å². The Bertz CT molecular complexity index is 2080. The molecule has 17 aliphatic rings. The van der Waals surface area contributed by atoms with E-state index in [-0.39, 0.29) is 41.3 Å². The molecule has 0 radical (unpaired) electrons. The molecular formula is C68H104F6O8. The van der Waals surface area contributed by atoms with Crippen LogP contribution in [0.5, 0.6) is 0 Å². The predicted molar refractivity (Wildman–Crippen MR) is 302 cm³/mol. The highest BCUT2D eigenvalue weighted by Gasteiger charge is 2.61. The third-order valence-electron chi connectivity index (χ3n) is 24.3. The van der Waals surface area contributed by atoms with E-state index >= 15 is 0 Å². The fourth-order valence-electron chi connectivity index (χ4n) is 22.5. The zero-order valence-electron chi connectivity index (χ0n) is 51.3. The highest BCUT2D eigenvalue weighted by molar-refractivity contribution is 5.79. The van der Waals surface area contributed by atoms with Gasteiger partial charge in [0, 0.05) is 35.5 Å². The maximum absolute atomic E-state index is 14.4. The molecule has 466 valence electrons. The summed E-state index contributed by atoms with van der Waals surface area (Å²) in [7, 11) is 0. The number of carbonyl (C=O) groups excluding carboxylic acids is 4. The molecule has 0 N–H and O–H groups in total. The lowest BCUT2D eigenvalue weighted by atomic mass is 9.41. The topological polar surface area (TPSA) is 105 Å². The summed E-state index contributed by atoms with van der Waals surface area (Å²) in [6.45, 7) is 10.9. The molecule has 8 nitrogen and oxygen atoms in total. The summed E-state index contributed by atoms with van der Waals surface area (Å²) in [5.74, 6) is -0.382. The molecule has 0 aromatic rings. The molecule has 16 bridgehead atoms. The number of ether oxygens (including phenoxy) is 4. The van der Waals surface area contributed by atoms with E-state index < -0.39 is 47.1 Å². The minimum Gasteiger partial charge on any atom is -0.463 e. The second-order valence-corrected chi connectivity index (χ2v) is 32.9. The Morgan fingerprint density at radius 1 is 0.402 bits per heavy atom. The first-order valence-corrected chi connectivity index (χ1v) is 33.2. The number of unbranched alkanes of at least 4 members (excludes halogenated alkanes) is 1. The second kappa shape index (κ2) is 23.5. The predicted octanol–water partition coefficient (Wildman–Crippen LogP) is 17.2. The largest absolute Gasteiger partial charge is 0.463 e. The molecule has 0 spiro atoms. The minimum atomic E-state index is -3.38. The lowest BCUT2D eigenvalue weighted by Crippen LogP contribution is -2.56. The molecule has 17 aliphatic carbocycles. The van der Waals surface area contributed by atoms with E-state index in [1.807, 2.05) is 6.92 Å². The van der Waals surface area contributed by atoms with Gasteiger partial charge in [0.15, 0.2) is 0 Å². The summed E-state index contributed by atoms with van der Waals surface area (Å²) < 4.78 is 101. The number of carbonyl (C=O) groups is 4. The molecule has 3 atom stereocenters. The lowest BCUT2D eigenvalue weighted by Gasteiger charge is -2.64. The molecule has 17 rings (SSSR count). The van der Waals surface area contributed by atoms with E-state index in [2.05, 4.69) is 6.92 Å². The van der Waals surface area contributed by atoms with E-state index in [0.717, 1.165) is 128 Å². The van der Waals surface area contributed by atoms with Gasteiger partial charge < -0.3 is 18.9 Å². The van der Waals surface area contributed by atoms with Crippen molar-refractivity contribution in [2.24, 2.45) is 104 Å². The summed E-state index contributed by atoms with van der Waals surface area (Å²) in [5, 5.41) is 0. The average Bonchev–Trinajstić information content (AvgIpc) is 0.969. The molecule has 3 unspecified atom stereocenters. The van der Waals surface area contributed by atoms with E-state index in [4.69, 9.17) is 18.9 Å². The molecule has 17 fully saturated rings. The van der Waals surface area contributed by atoms with Crippen LogP contribution >= 0.6 is 0 Å². The van der Waals surface area contributed by atoms with Gasteiger partial charge >= 0.3 is 35.7 Å². The van der Waals surface area contributed by atoms with Gasteiger partial charge in [-0.25, -0.2) is 28.0 Å². The molecule has 0 saturated heterocycles. The zero-order valence-corrected chi connectivity index (χ0v) is 51.3. The van der Waals surface area contributed by atoms with Gasteiger partial charge in [-0.2, -0.15) is 17.6 Å². The van der Waals surface area contributed by atoms with E-state index in [0.29, 0.717) is 32.5 Å². The molecule has 0 heterocycles. The smallest absolute Gasteiger partial charge is 0.376 e. The van der Waals surface area contributed by atoms with Gasteiger partial charge in [-0.3, -0.25) is 0 Å². The summed E-state index contributed by atoms with van der Waals surface area (Å²) in [6.07, 6.45) is 37.1. The summed E-state index contributed by atoms with van der Waals surface area (Å²) in [5.41, 5.74) is -2.88. The van der Waals surface area contributed by atoms with Gasteiger partial charge in [-0.1, -0.05) is 33.1 Å². The number of hydrogen-bond acceptors (Lipinski definition) is 8. The van der Waals surface area contributed by atoms with Crippen LogP contribution in [0, 0.1) is 104 Å². The van der Waals surface area contributed by atoms with Crippen molar-refractivity contribution in [3.05, 3.63) is 0 Å². The van der Waals surface area contributed by atoms with Crippen molar-refractivity contribution in [2.45, 2.75) is 271 Å². The lowest BCUT2D eigenvalue weighted by molar-refractivity contribution is -0.190. The van der Waals surface area contributed by atoms with Gasteiger partial charge in [-0.05, 0) is 283 Å². The van der Waals surface area contributed by atoms with Crippen molar-refractivity contribution in [3.63, 3.8) is 0 Å². The third-order valence-corrected chi connectivity index (χ3v) is 24.3. The first-order valence-electron chi connectivity index (χ1n) is 33.2. The monoisotopic (exact) mass is 1160 g/mol. The Labute approximate surface area is 487 Å². The van der Waals surface area contributed by atoms with Gasteiger partial charge in [0.2, 0.25) is 11.3 Å². The molecule has 0 aromatic carbocycles. The van der Waals surface area contributed by atoms with Crippen LogP contribution in [0.1, 0.15) is 248 Å². The molecule has 0 aliphatic heterocycles. The highest BCUT2D eigenvalue weighted by atomic mass is 19.3. The van der Waals surface area contributed by atoms with Gasteiger partial charge in [-0.15, -0.1) is 0 Å². The van der Waals surface area contributed by atoms with Crippen LogP contribution in [0.25, 0.3) is 0 Å². The standard InChI is InChI=1S/C21H32F2O2.C18H29FO2.C15H23FO2.C14H20F2O2/c1-14-3-5-17(6-4-14)21-10-15-7-16(11-21)9-20(8-15,12-21)13-25-18(24)19(2,22)23;1-3-4-5-17(2,19)16(20)21-12-18-9-13-6-14(10-18)8-15(7-13)11-18;1-14(2,16)13(17)18-9-15-6-10-3-11(7-15)5-12(4-10)8-15;1-13(15,16)12(17)18-8-14-5-9-2-10(6-14)4-11(3-9)7-14/h14-17H,3-13H2,1-2H3;13-15H,3-12H2,1-2H3;10-12H,3-9H2,1-2H3;9-11H,2-8H2,1H3. The van der Waals surface area contributed by atoms with Crippen LogP contribution in [-0.2, 0) is 38.1 Å². The number of alkyl halides is 6. The maximum atomic E-state index is 14.4. The number of hydrogen-bond donors (Lipinski definition) is 0. The van der Waals surface area contributed by atoms with Gasteiger partial charge in [0.05, 0.1) is 26.4 Å². The van der Waals surface area contributed by atoms with Gasteiger partial charge in [0.1, 0.15) is 0 Å². The normalized spacial score (nSPS) is 42.8. The van der Waals surface area contributed by atoms with Gasteiger partial charge in [0.25, 0.3) is 0 Å². The quantitative estimate of drug-likeness (QED) is 0.0855. The molecule has 14 heteroatoms. The summed E-state index contributed by atoms with van der Waals surface area (Å²) in [6, 6.07) is 0. The Morgan fingerprint density at radius 3 is 1.01 bits per heavy atom. The number of esters is 4. The Balaban J connectivity index is 0.000000124. The number of halogens is 6. The molecular weight excluding hydrogens is 1060 g/mol. The van der Waals surface area contributed by atoms with Crippen molar-refractivity contribution in [3.8, 4) is 0 Å².